The van der Waals surface area contributed by atoms with Crippen LogP contribution in [0.15, 0.2) is 0 Å². The topological polar surface area (TPSA) is 47.6 Å². The average Bonchev–Trinajstić information content (AvgIpc) is 2.67. The highest BCUT2D eigenvalue weighted by atomic mass is 14.7. The van der Waals surface area contributed by atoms with E-state index in [1.165, 1.54) is 19.3 Å². The zero-order chi connectivity index (χ0) is 9.53. The minimum Gasteiger partial charge on any atom is -0.197 e. The third kappa shape index (κ3) is 0.767. The maximum absolute atomic E-state index is 9.07. The summed E-state index contributed by atoms with van der Waals surface area (Å²) < 4.78 is 0. The molecule has 2 heteroatoms. The van der Waals surface area contributed by atoms with E-state index in [-0.39, 0.29) is 5.41 Å². The van der Waals surface area contributed by atoms with Crippen LogP contribution < -0.4 is 0 Å². The molecule has 0 aromatic rings. The van der Waals surface area contributed by atoms with E-state index in [0.717, 1.165) is 12.8 Å². The van der Waals surface area contributed by atoms with Gasteiger partial charge in [-0.1, -0.05) is 26.2 Å². The van der Waals surface area contributed by atoms with Gasteiger partial charge in [-0.05, 0) is 18.8 Å². The van der Waals surface area contributed by atoms with Gasteiger partial charge in [0.1, 0.15) is 0 Å². The highest BCUT2D eigenvalue weighted by Crippen LogP contribution is 2.74. The largest absolute Gasteiger partial charge is 0.197 e. The Kier molecular flexibility index (Phi) is 1.64. The van der Waals surface area contributed by atoms with Crippen LogP contribution >= 0.6 is 0 Å². The number of rotatable bonds is 0. The van der Waals surface area contributed by atoms with Crippen molar-refractivity contribution < 1.29 is 0 Å². The molecule has 1 spiro atoms. The van der Waals surface area contributed by atoms with E-state index in [1.807, 2.05) is 0 Å². The van der Waals surface area contributed by atoms with Crippen LogP contribution in [0.1, 0.15) is 39.0 Å². The molecule has 2 fully saturated rings. The summed E-state index contributed by atoms with van der Waals surface area (Å²) in [6.07, 6.45) is 5.87. The molecule has 2 saturated carbocycles. The second-order valence-electron chi connectivity index (χ2n) is 4.47. The summed E-state index contributed by atoms with van der Waals surface area (Å²) in [5.74, 6) is 0.301. The van der Waals surface area contributed by atoms with E-state index in [9.17, 15) is 0 Å². The smallest absolute Gasteiger partial charge is 0.152 e. The maximum atomic E-state index is 9.07. The van der Waals surface area contributed by atoms with Gasteiger partial charge in [0.2, 0.25) is 0 Å². The molecule has 0 radical (unpaired) electrons. The third-order valence-corrected chi connectivity index (χ3v) is 4.28. The van der Waals surface area contributed by atoms with Crippen LogP contribution in [0.5, 0.6) is 0 Å². The number of nitriles is 2. The monoisotopic (exact) mass is 174 g/mol. The summed E-state index contributed by atoms with van der Waals surface area (Å²) in [6.45, 7) is 2.07. The molecule has 0 amide bonds. The van der Waals surface area contributed by atoms with Crippen molar-refractivity contribution in [3.8, 4) is 12.1 Å². The van der Waals surface area contributed by atoms with Gasteiger partial charge in [-0.2, -0.15) is 10.5 Å². The number of hydrogen-bond donors (Lipinski definition) is 0. The zero-order valence-electron chi connectivity index (χ0n) is 8.01. The van der Waals surface area contributed by atoms with E-state index < -0.39 is 5.41 Å². The number of nitrogens with zero attached hydrogens (tertiary/aromatic N) is 2. The zero-order valence-corrected chi connectivity index (χ0v) is 8.01. The first-order chi connectivity index (χ1) is 6.23. The highest BCUT2D eigenvalue weighted by Gasteiger charge is 2.75. The molecule has 0 aliphatic heterocycles. The van der Waals surface area contributed by atoms with Crippen molar-refractivity contribution in [1.29, 1.82) is 10.5 Å². The van der Waals surface area contributed by atoms with Crippen molar-refractivity contribution in [3.05, 3.63) is 0 Å². The quantitative estimate of drug-likeness (QED) is 0.566. The molecular weight excluding hydrogens is 160 g/mol. The summed E-state index contributed by atoms with van der Waals surface area (Å²) >= 11 is 0. The Morgan fingerprint density at radius 3 is 2.00 bits per heavy atom. The molecule has 2 aliphatic carbocycles. The molecule has 2 rings (SSSR count). The Morgan fingerprint density at radius 2 is 1.62 bits per heavy atom. The summed E-state index contributed by atoms with van der Waals surface area (Å²) in [7, 11) is 0. The molecule has 1 unspecified atom stereocenters. The highest BCUT2D eigenvalue weighted by molar-refractivity contribution is 5.38. The fourth-order valence-corrected chi connectivity index (χ4v) is 3.26. The third-order valence-electron chi connectivity index (χ3n) is 4.28. The first kappa shape index (κ1) is 8.57. The number of hydrogen-bond acceptors (Lipinski definition) is 2. The van der Waals surface area contributed by atoms with Gasteiger partial charge >= 0.3 is 0 Å². The first-order valence-electron chi connectivity index (χ1n) is 5.06. The predicted octanol–water partition coefficient (Wildman–Crippen LogP) is 2.62. The summed E-state index contributed by atoms with van der Waals surface area (Å²) in [5, 5.41) is 18.1. The molecule has 0 bridgehead atoms. The van der Waals surface area contributed by atoms with Crippen LogP contribution in [0.3, 0.4) is 0 Å². The molecule has 13 heavy (non-hydrogen) atoms. The molecule has 0 saturated heterocycles. The van der Waals surface area contributed by atoms with Gasteiger partial charge in [-0.25, -0.2) is 0 Å². The molecule has 68 valence electrons. The fourth-order valence-electron chi connectivity index (χ4n) is 3.26. The van der Waals surface area contributed by atoms with E-state index >= 15 is 0 Å². The lowest BCUT2D eigenvalue weighted by Crippen LogP contribution is -2.15. The fraction of sp³-hybridized carbons (Fsp3) is 0.818. The first-order valence-corrected chi connectivity index (χ1v) is 5.06. The summed E-state index contributed by atoms with van der Waals surface area (Å²) in [6, 6.07) is 4.50. The van der Waals surface area contributed by atoms with Crippen molar-refractivity contribution in [2.45, 2.75) is 39.0 Å². The molecule has 0 aromatic heterocycles. The van der Waals surface area contributed by atoms with E-state index in [2.05, 4.69) is 19.1 Å². The molecule has 2 aliphatic rings. The Labute approximate surface area is 79.2 Å². The molecular formula is C11H14N2. The van der Waals surface area contributed by atoms with Crippen LogP contribution in [-0.2, 0) is 0 Å². The van der Waals surface area contributed by atoms with Crippen molar-refractivity contribution in [3.63, 3.8) is 0 Å². The van der Waals surface area contributed by atoms with Crippen LogP contribution in [0, 0.1) is 39.4 Å². The lowest BCUT2D eigenvalue weighted by atomic mass is 9.80. The summed E-state index contributed by atoms with van der Waals surface area (Å²) in [4.78, 5) is 0. The van der Waals surface area contributed by atoms with Gasteiger partial charge in [-0.3, -0.25) is 0 Å². The van der Waals surface area contributed by atoms with Gasteiger partial charge < -0.3 is 0 Å². The van der Waals surface area contributed by atoms with Crippen LogP contribution in [0.2, 0.25) is 0 Å². The van der Waals surface area contributed by atoms with Crippen molar-refractivity contribution in [2.75, 3.05) is 0 Å². The molecule has 1 atom stereocenters. The normalized spacial score (nSPS) is 33.3. The second-order valence-corrected chi connectivity index (χ2v) is 4.47. The van der Waals surface area contributed by atoms with Gasteiger partial charge in [0.15, 0.2) is 5.41 Å². The van der Waals surface area contributed by atoms with E-state index in [4.69, 9.17) is 10.5 Å². The van der Waals surface area contributed by atoms with Gasteiger partial charge in [0.05, 0.1) is 12.1 Å². The van der Waals surface area contributed by atoms with Crippen LogP contribution in [-0.4, -0.2) is 0 Å². The Hall–Kier alpha value is -1.02. The maximum Gasteiger partial charge on any atom is 0.152 e. The summed E-state index contributed by atoms with van der Waals surface area (Å²) in [5.41, 5.74) is -0.553. The Balaban J connectivity index is 2.29. The SMILES string of the molecule is CC1C(C#N)(C#N)C12CCCCC2. The van der Waals surface area contributed by atoms with Gasteiger partial charge in [0.25, 0.3) is 0 Å². The molecule has 0 aromatic carbocycles. The van der Waals surface area contributed by atoms with E-state index in [0.29, 0.717) is 5.92 Å². The van der Waals surface area contributed by atoms with E-state index in [1.54, 1.807) is 0 Å². The van der Waals surface area contributed by atoms with Gasteiger partial charge in [-0.15, -0.1) is 0 Å². The van der Waals surface area contributed by atoms with Crippen LogP contribution in [0.25, 0.3) is 0 Å². The molecule has 0 heterocycles. The van der Waals surface area contributed by atoms with Crippen LogP contribution in [0.4, 0.5) is 0 Å². The van der Waals surface area contributed by atoms with Crippen molar-refractivity contribution >= 4 is 0 Å². The lowest BCUT2D eigenvalue weighted by Gasteiger charge is -2.22. The Bertz CT molecular complexity index is 285. The van der Waals surface area contributed by atoms with Gasteiger partial charge in [0, 0.05) is 5.41 Å². The minimum atomic E-state index is -0.632. The van der Waals surface area contributed by atoms with Crippen molar-refractivity contribution in [2.24, 2.45) is 16.7 Å². The minimum absolute atomic E-state index is 0.0781. The molecule has 0 N–H and O–H groups in total. The average molecular weight is 174 g/mol. The standard InChI is InChI=1S/C11H14N2/c1-9-10(5-3-2-4-6-10)11(9,7-12)8-13/h9H,2-6H2,1H3. The van der Waals surface area contributed by atoms with Crippen molar-refractivity contribution in [1.82, 2.24) is 0 Å². The predicted molar refractivity (Wildman–Crippen MR) is 48.3 cm³/mol. The second kappa shape index (κ2) is 2.48. The molecule has 2 nitrogen and oxygen atoms in total. The Morgan fingerprint density at radius 1 is 1.08 bits per heavy atom. The lowest BCUT2D eigenvalue weighted by molar-refractivity contribution is 0.290.